The Morgan fingerprint density at radius 3 is 2.62 bits per heavy atom. The molecule has 12 nitrogen and oxygen atoms in total. The van der Waals surface area contributed by atoms with Crippen molar-refractivity contribution in [3.8, 4) is 11.4 Å². The molecule has 5 rings (SSSR count). The Morgan fingerprint density at radius 1 is 1.19 bits per heavy atom. The van der Waals surface area contributed by atoms with Crippen LogP contribution in [0.15, 0.2) is 53.7 Å². The lowest BCUT2D eigenvalue weighted by Gasteiger charge is -2.41. The molecule has 2 aliphatic rings. The summed E-state index contributed by atoms with van der Waals surface area (Å²) in [5, 5.41) is 7.16. The Labute approximate surface area is 216 Å². The molecule has 4 heterocycles. The Hall–Kier alpha value is -3.75. The highest BCUT2D eigenvalue weighted by molar-refractivity contribution is 7.89. The van der Waals surface area contributed by atoms with E-state index in [2.05, 4.69) is 14.3 Å². The fourth-order valence-electron chi connectivity index (χ4n) is 4.27. The van der Waals surface area contributed by atoms with E-state index in [1.165, 1.54) is 22.8 Å². The van der Waals surface area contributed by atoms with E-state index in [0.29, 0.717) is 12.4 Å². The van der Waals surface area contributed by atoms with Gasteiger partial charge in [0.2, 0.25) is 15.0 Å². The van der Waals surface area contributed by atoms with Crippen LogP contribution in [0.2, 0.25) is 0 Å². The van der Waals surface area contributed by atoms with Crippen molar-refractivity contribution in [2.45, 2.75) is 17.9 Å². The third-order valence-corrected chi connectivity index (χ3v) is 8.61. The number of nitrogens with zero attached hydrogens (tertiary/aromatic N) is 5. The number of amides is 1. The van der Waals surface area contributed by atoms with Crippen molar-refractivity contribution in [3.63, 3.8) is 0 Å². The molecule has 2 saturated heterocycles. The maximum absolute atomic E-state index is 13.3. The average Bonchev–Trinajstić information content (AvgIpc) is 3.50. The van der Waals surface area contributed by atoms with Crippen molar-refractivity contribution in [2.75, 3.05) is 26.2 Å². The van der Waals surface area contributed by atoms with Crippen molar-refractivity contribution >= 4 is 39.9 Å². The van der Waals surface area contributed by atoms with Crippen molar-refractivity contribution in [1.29, 1.82) is 0 Å². The molecule has 2 aliphatic heterocycles. The summed E-state index contributed by atoms with van der Waals surface area (Å²) in [7, 11) is -3.99. The molecule has 2 aromatic heterocycles. The van der Waals surface area contributed by atoms with E-state index in [0.717, 1.165) is 17.1 Å². The highest BCUT2D eigenvalue weighted by Crippen LogP contribution is 2.38. The van der Waals surface area contributed by atoms with Gasteiger partial charge in [-0.25, -0.2) is 18.2 Å². The Bertz CT molecular complexity index is 1400. The minimum Gasteiger partial charge on any atom is -0.483 e. The quantitative estimate of drug-likeness (QED) is 0.356. The van der Waals surface area contributed by atoms with Gasteiger partial charge >= 0.3 is 5.97 Å². The molecule has 2 atom stereocenters. The zero-order chi connectivity index (χ0) is 26.6. The Balaban J connectivity index is 0.00000102. The minimum atomic E-state index is -3.99. The third-order valence-electron chi connectivity index (χ3n) is 5.99. The molecule has 2 fully saturated rings. The highest BCUT2D eigenvalue weighted by atomic mass is 32.2. The van der Waals surface area contributed by atoms with E-state index in [4.69, 9.17) is 14.6 Å². The highest BCUT2D eigenvalue weighted by Gasteiger charge is 2.53. The number of sulfonamides is 1. The average molecular weight is 546 g/mol. The predicted octanol–water partition coefficient (Wildman–Crippen LogP) is 1.62. The summed E-state index contributed by atoms with van der Waals surface area (Å²) in [6, 6.07) is 10.4. The second kappa shape index (κ2) is 11.1. The maximum atomic E-state index is 13.3. The molecule has 0 spiro atoms. The van der Waals surface area contributed by atoms with Crippen LogP contribution in [0.4, 0.5) is 0 Å². The fraction of sp³-hybridized carbons (Fsp3) is 0.304. The topological polar surface area (TPSA) is 160 Å². The molecule has 0 aliphatic carbocycles. The number of rotatable bonds is 6. The van der Waals surface area contributed by atoms with E-state index in [-0.39, 0.29) is 59.5 Å². The number of esters is 1. The van der Waals surface area contributed by atoms with E-state index in [1.54, 1.807) is 11.8 Å². The molecule has 0 saturated carbocycles. The summed E-state index contributed by atoms with van der Waals surface area (Å²) in [5.74, 6) is -0.472. The first-order valence-corrected chi connectivity index (χ1v) is 13.4. The monoisotopic (exact) mass is 545 g/mol. The zero-order valence-electron chi connectivity index (χ0n) is 19.6. The molecule has 0 bridgehead atoms. The molecule has 37 heavy (non-hydrogen) atoms. The second-order valence-electron chi connectivity index (χ2n) is 8.10. The third kappa shape index (κ3) is 5.21. The van der Waals surface area contributed by atoms with Gasteiger partial charge in [0, 0.05) is 49.6 Å². The second-order valence-corrected chi connectivity index (χ2v) is 10.7. The summed E-state index contributed by atoms with van der Waals surface area (Å²) in [6.45, 7) is 2.48. The normalized spacial score (nSPS) is 18.7. The van der Waals surface area contributed by atoms with Crippen molar-refractivity contribution in [2.24, 2.45) is 5.92 Å². The first kappa shape index (κ1) is 26.3. The number of hydrogen-bond acceptors (Lipinski definition) is 10. The number of carbonyl (C=O) groups excluding carboxylic acids is 2. The number of hydrogen-bond donors (Lipinski definition) is 1. The van der Waals surface area contributed by atoms with Gasteiger partial charge < -0.3 is 14.7 Å². The van der Waals surface area contributed by atoms with Crippen LogP contribution in [0, 0.1) is 5.92 Å². The largest absolute Gasteiger partial charge is 0.483 e. The van der Waals surface area contributed by atoms with Crippen LogP contribution in [0.3, 0.4) is 0 Å². The van der Waals surface area contributed by atoms with Gasteiger partial charge in [-0.05, 0) is 24.5 Å². The van der Waals surface area contributed by atoms with Gasteiger partial charge in [0.1, 0.15) is 4.90 Å². The van der Waals surface area contributed by atoms with Crippen LogP contribution in [-0.2, 0) is 19.6 Å². The minimum absolute atomic E-state index is 0.0166. The number of carbonyl (C=O) groups is 3. The van der Waals surface area contributed by atoms with Crippen LogP contribution in [0.25, 0.3) is 11.4 Å². The number of fused-ring (bicyclic) bond motifs is 1. The zero-order valence-corrected chi connectivity index (χ0v) is 21.3. The van der Waals surface area contributed by atoms with Gasteiger partial charge in [-0.2, -0.15) is 8.68 Å². The van der Waals surface area contributed by atoms with Crippen molar-refractivity contribution in [3.05, 3.63) is 59.4 Å². The standard InChI is InChI=1S/C22H21N5O5S2.CH2O2/c1-2-32-22(29)16-8-9-23-10-18(16)34(30,31)27-12-15-11-26(13-17(15)27)21(28)20-24-19(25-33-20)14-6-4-3-5-7-14;2-1-3/h3-10,15,17H,2,11-13H2,1H3;1H,(H,2,3)/t15-,17+;/m0./s1. The predicted molar refractivity (Wildman–Crippen MR) is 131 cm³/mol. The fourth-order valence-corrected chi connectivity index (χ4v) is 6.78. The summed E-state index contributed by atoms with van der Waals surface area (Å²) >= 11 is 1.03. The Kier molecular flexibility index (Phi) is 7.90. The number of benzene rings is 1. The molecule has 0 radical (unpaired) electrons. The van der Waals surface area contributed by atoms with E-state index in [9.17, 15) is 18.0 Å². The molecule has 1 amide bonds. The molecule has 1 aromatic carbocycles. The van der Waals surface area contributed by atoms with Gasteiger partial charge in [-0.15, -0.1) is 0 Å². The molecule has 14 heteroatoms. The van der Waals surface area contributed by atoms with Gasteiger partial charge in [0.15, 0.2) is 5.82 Å². The molecular weight excluding hydrogens is 522 g/mol. The van der Waals surface area contributed by atoms with E-state index in [1.807, 2.05) is 30.3 Å². The van der Waals surface area contributed by atoms with Crippen LogP contribution >= 0.6 is 11.5 Å². The SMILES string of the molecule is CCOC(=O)c1ccncc1S(=O)(=O)N1C[C@@H]2CN(C(=O)c3nc(-c4ccccc4)ns3)C[C@H]21.O=CO. The van der Waals surface area contributed by atoms with Gasteiger partial charge in [-0.1, -0.05) is 30.3 Å². The van der Waals surface area contributed by atoms with Gasteiger partial charge in [0.25, 0.3) is 12.4 Å². The lowest BCUT2D eigenvalue weighted by Crippen LogP contribution is -2.58. The lowest BCUT2D eigenvalue weighted by molar-refractivity contribution is -0.122. The van der Waals surface area contributed by atoms with Crippen molar-refractivity contribution in [1.82, 2.24) is 23.5 Å². The van der Waals surface area contributed by atoms with Crippen LogP contribution in [0.1, 0.15) is 27.1 Å². The summed E-state index contributed by atoms with van der Waals surface area (Å²) < 4.78 is 37.3. The van der Waals surface area contributed by atoms with Crippen molar-refractivity contribution < 1.29 is 32.6 Å². The van der Waals surface area contributed by atoms with E-state index >= 15 is 0 Å². The lowest BCUT2D eigenvalue weighted by atomic mass is 9.96. The van der Waals surface area contributed by atoms with E-state index < -0.39 is 16.0 Å². The van der Waals surface area contributed by atoms with Crippen LogP contribution < -0.4 is 0 Å². The molecule has 3 aromatic rings. The summed E-state index contributed by atoms with van der Waals surface area (Å²) in [6.07, 6.45) is 2.52. The maximum Gasteiger partial charge on any atom is 0.339 e. The molecular formula is C23H23N5O7S2. The molecule has 194 valence electrons. The number of pyridine rings is 1. The van der Waals surface area contributed by atoms with Gasteiger partial charge in [0.05, 0.1) is 12.2 Å². The number of carboxylic acid groups (broad SMARTS) is 1. The first-order valence-electron chi connectivity index (χ1n) is 11.2. The van der Waals surface area contributed by atoms with Crippen LogP contribution in [-0.4, -0.2) is 87.7 Å². The smallest absolute Gasteiger partial charge is 0.339 e. The van der Waals surface area contributed by atoms with Gasteiger partial charge in [-0.3, -0.25) is 14.6 Å². The molecule has 1 N–H and O–H groups in total. The number of ether oxygens (including phenoxy) is 1. The number of aromatic nitrogens is 3. The molecule has 0 unspecified atom stereocenters. The summed E-state index contributed by atoms with van der Waals surface area (Å²) in [5.41, 5.74) is 0.777. The van der Waals surface area contributed by atoms with Crippen LogP contribution in [0.5, 0.6) is 0 Å². The summed E-state index contributed by atoms with van der Waals surface area (Å²) in [4.78, 5) is 43.4. The first-order chi connectivity index (χ1) is 17.8. The Morgan fingerprint density at radius 2 is 1.92 bits per heavy atom. The number of likely N-dealkylation sites (tertiary alicyclic amines) is 1.